The summed E-state index contributed by atoms with van der Waals surface area (Å²) in [4.78, 5) is 55.8. The van der Waals surface area contributed by atoms with E-state index < -0.39 is 23.9 Å². The van der Waals surface area contributed by atoms with Gasteiger partial charge in [0.15, 0.2) is 0 Å². The molecule has 0 aliphatic carbocycles. The Morgan fingerprint density at radius 1 is 0.288 bits per heavy atom. The zero-order valence-corrected chi connectivity index (χ0v) is 44.2. The molecule has 1 rings (SSSR count). The molecule has 0 saturated carbocycles. The van der Waals surface area contributed by atoms with E-state index in [0.29, 0.717) is 25.7 Å². The summed E-state index contributed by atoms with van der Waals surface area (Å²) in [6, 6.07) is 2.81. The molecule has 0 aromatic heterocycles. The van der Waals surface area contributed by atoms with Gasteiger partial charge in [-0.05, 0) is 61.5 Å². The Morgan fingerprint density at radius 2 is 0.470 bits per heavy atom. The van der Waals surface area contributed by atoms with Crippen molar-refractivity contribution in [2.24, 2.45) is 23.7 Å². The molecular weight excluding hydrogens is 825 g/mol. The van der Waals surface area contributed by atoms with Crippen molar-refractivity contribution >= 4 is 23.9 Å². The second-order valence-corrected chi connectivity index (χ2v) is 21.1. The minimum atomic E-state index is -0.833. The topological polar surface area (TPSA) is 105 Å². The first-order chi connectivity index (χ1) is 31.8. The summed E-state index contributed by atoms with van der Waals surface area (Å²) >= 11 is 0. The number of unbranched alkanes of at least 4 members (excludes halogenated alkanes) is 24. The number of esters is 4. The lowest BCUT2D eigenvalue weighted by Gasteiger charge is -2.17. The maximum atomic E-state index is 14.1. The van der Waals surface area contributed by atoms with Crippen LogP contribution in [0.4, 0.5) is 0 Å². The van der Waals surface area contributed by atoms with Gasteiger partial charge in [0.1, 0.15) is 0 Å². The highest BCUT2D eigenvalue weighted by molar-refractivity contribution is 6.15. The Hall–Kier alpha value is -2.90. The van der Waals surface area contributed by atoms with Crippen molar-refractivity contribution in [3.05, 3.63) is 34.4 Å². The van der Waals surface area contributed by atoms with Crippen LogP contribution in [0.25, 0.3) is 0 Å². The zero-order chi connectivity index (χ0) is 48.6. The Balaban J connectivity index is 3.14. The Labute approximate surface area is 406 Å². The van der Waals surface area contributed by atoms with Crippen molar-refractivity contribution in [2.45, 2.75) is 261 Å². The second kappa shape index (κ2) is 41.1. The third-order valence-electron chi connectivity index (χ3n) is 12.7. The summed E-state index contributed by atoms with van der Waals surface area (Å²) in [5, 5.41) is 0. The van der Waals surface area contributed by atoms with E-state index in [0.717, 1.165) is 101 Å². The van der Waals surface area contributed by atoms with E-state index in [1.807, 2.05) is 0 Å². The zero-order valence-electron chi connectivity index (χ0n) is 44.2. The van der Waals surface area contributed by atoms with Crippen LogP contribution in [0.3, 0.4) is 0 Å². The van der Waals surface area contributed by atoms with Gasteiger partial charge in [0.2, 0.25) is 0 Å². The van der Waals surface area contributed by atoms with Crippen LogP contribution in [0.5, 0.6) is 0 Å². The third kappa shape index (κ3) is 32.7. The number of ether oxygens (including phenoxy) is 4. The van der Waals surface area contributed by atoms with E-state index in [9.17, 15) is 19.2 Å². The van der Waals surface area contributed by atoms with Gasteiger partial charge in [-0.3, -0.25) is 0 Å². The van der Waals surface area contributed by atoms with Gasteiger partial charge in [0.05, 0.1) is 48.7 Å². The van der Waals surface area contributed by atoms with Crippen molar-refractivity contribution in [3.8, 4) is 0 Å². The van der Waals surface area contributed by atoms with Gasteiger partial charge in [-0.15, -0.1) is 0 Å². The van der Waals surface area contributed by atoms with Crippen molar-refractivity contribution in [1.82, 2.24) is 0 Å². The minimum absolute atomic E-state index is 0.0964. The molecule has 0 aliphatic rings. The van der Waals surface area contributed by atoms with Crippen LogP contribution >= 0.6 is 0 Å². The molecule has 0 fully saturated rings. The predicted octanol–water partition coefficient (Wildman–Crippen LogP) is 17.4. The highest BCUT2D eigenvalue weighted by Gasteiger charge is 2.33. The molecule has 66 heavy (non-hydrogen) atoms. The fourth-order valence-corrected chi connectivity index (χ4v) is 8.48. The molecule has 382 valence electrons. The molecule has 0 spiro atoms. The Morgan fingerprint density at radius 3 is 0.682 bits per heavy atom. The lowest BCUT2D eigenvalue weighted by atomic mass is 9.95. The molecule has 0 N–H and O–H groups in total. The number of rotatable bonds is 44. The van der Waals surface area contributed by atoms with Crippen molar-refractivity contribution in [3.63, 3.8) is 0 Å². The van der Waals surface area contributed by atoms with Crippen LogP contribution in [0.15, 0.2) is 12.1 Å². The first kappa shape index (κ1) is 61.1. The minimum Gasteiger partial charge on any atom is -0.462 e. The van der Waals surface area contributed by atoms with E-state index >= 15 is 0 Å². The normalized spacial score (nSPS) is 11.6. The van der Waals surface area contributed by atoms with Gasteiger partial charge in [-0.2, -0.15) is 0 Å². The standard InChI is InChI=1S/C58H102O8/c1-47(2)37-29-21-13-9-17-25-33-43-63-55(59)51-41-42-52(56(60)64-44-34-26-18-10-14-22-30-38-48(3)4)54(58(62)66-46-36-28-20-12-16-24-32-40-50(7)8)53(51)57(61)65-45-35-27-19-11-15-23-31-39-49(5)6/h41-42,47-50H,9-40,43-46H2,1-8H3. The van der Waals surface area contributed by atoms with E-state index in [-0.39, 0.29) is 48.7 Å². The summed E-state index contributed by atoms with van der Waals surface area (Å²) in [6.45, 7) is 18.8. The number of carbonyl (C=O) groups excluding carboxylic acids is 4. The van der Waals surface area contributed by atoms with Crippen molar-refractivity contribution in [2.75, 3.05) is 26.4 Å². The van der Waals surface area contributed by atoms with E-state index in [1.165, 1.54) is 115 Å². The summed E-state index contributed by atoms with van der Waals surface area (Å²) < 4.78 is 23.1. The smallest absolute Gasteiger partial charge is 0.339 e. The van der Waals surface area contributed by atoms with Gasteiger partial charge in [-0.1, -0.05) is 235 Å². The highest BCUT2D eigenvalue weighted by atomic mass is 16.5. The van der Waals surface area contributed by atoms with Crippen LogP contribution in [0.1, 0.15) is 302 Å². The molecule has 0 bridgehead atoms. The molecule has 0 saturated heterocycles. The van der Waals surface area contributed by atoms with E-state index in [1.54, 1.807) is 0 Å². The number of benzene rings is 1. The first-order valence-electron chi connectivity index (χ1n) is 27.7. The molecule has 0 amide bonds. The molecule has 0 heterocycles. The Kier molecular flexibility index (Phi) is 38.1. The predicted molar refractivity (Wildman–Crippen MR) is 275 cm³/mol. The summed E-state index contributed by atoms with van der Waals surface area (Å²) in [5.74, 6) is -0.161. The van der Waals surface area contributed by atoms with Gasteiger partial charge in [0, 0.05) is 0 Å². The van der Waals surface area contributed by atoms with Crippen LogP contribution in [-0.4, -0.2) is 50.3 Å². The van der Waals surface area contributed by atoms with Crippen LogP contribution in [0.2, 0.25) is 0 Å². The maximum absolute atomic E-state index is 14.1. The first-order valence-corrected chi connectivity index (χ1v) is 27.7. The van der Waals surface area contributed by atoms with Crippen molar-refractivity contribution in [1.29, 1.82) is 0 Å². The fraction of sp³-hybridized carbons (Fsp3) is 0.828. The lowest BCUT2D eigenvalue weighted by Crippen LogP contribution is -2.24. The van der Waals surface area contributed by atoms with Gasteiger partial charge in [-0.25, -0.2) is 19.2 Å². The molecule has 0 radical (unpaired) electrons. The van der Waals surface area contributed by atoms with Crippen LogP contribution < -0.4 is 0 Å². The molecule has 0 unspecified atom stereocenters. The monoisotopic (exact) mass is 927 g/mol. The van der Waals surface area contributed by atoms with Crippen LogP contribution in [-0.2, 0) is 18.9 Å². The summed E-state index contributed by atoms with van der Waals surface area (Å²) in [7, 11) is 0. The quantitative estimate of drug-likeness (QED) is 0.0362. The van der Waals surface area contributed by atoms with E-state index in [2.05, 4.69) is 55.4 Å². The van der Waals surface area contributed by atoms with Crippen LogP contribution in [0, 0.1) is 23.7 Å². The summed E-state index contributed by atoms with van der Waals surface area (Å²) in [6.07, 6.45) is 35.1. The summed E-state index contributed by atoms with van der Waals surface area (Å²) in [5.41, 5.74) is -0.739. The molecule has 0 atom stereocenters. The average Bonchev–Trinajstić information content (AvgIpc) is 3.27. The largest absolute Gasteiger partial charge is 0.462 e. The van der Waals surface area contributed by atoms with Gasteiger partial charge >= 0.3 is 23.9 Å². The highest BCUT2D eigenvalue weighted by Crippen LogP contribution is 2.26. The molecule has 8 nitrogen and oxygen atoms in total. The van der Waals surface area contributed by atoms with Crippen molar-refractivity contribution < 1.29 is 38.1 Å². The molecule has 0 aliphatic heterocycles. The maximum Gasteiger partial charge on any atom is 0.339 e. The average molecular weight is 927 g/mol. The molecule has 1 aromatic carbocycles. The number of carbonyl (C=O) groups is 4. The molecule has 8 heteroatoms. The van der Waals surface area contributed by atoms with E-state index in [4.69, 9.17) is 18.9 Å². The molecular formula is C58H102O8. The number of hydrogen-bond acceptors (Lipinski definition) is 8. The fourth-order valence-electron chi connectivity index (χ4n) is 8.48. The number of hydrogen-bond donors (Lipinski definition) is 0. The second-order valence-electron chi connectivity index (χ2n) is 21.1. The lowest BCUT2D eigenvalue weighted by molar-refractivity contribution is 0.0415. The Bertz CT molecular complexity index is 1280. The molecule has 1 aromatic rings. The van der Waals surface area contributed by atoms with Gasteiger partial charge < -0.3 is 18.9 Å². The van der Waals surface area contributed by atoms with Gasteiger partial charge in [0.25, 0.3) is 0 Å². The third-order valence-corrected chi connectivity index (χ3v) is 12.7. The SMILES string of the molecule is CC(C)CCCCCCCCCOC(=O)c1ccc(C(=O)OCCCCCCCCCC(C)C)c(C(=O)OCCCCCCCCCC(C)C)c1C(=O)OCCCCCCCCCC(C)C.